The SMILES string of the molecule is COCc1nc2cc(C)c(C)cc2n1Cc1ccccc1C#N. The van der Waals surface area contributed by atoms with Gasteiger partial charge in [0.25, 0.3) is 0 Å². The van der Waals surface area contributed by atoms with Crippen LogP contribution in [0.5, 0.6) is 0 Å². The first-order valence-corrected chi connectivity index (χ1v) is 7.57. The normalized spacial score (nSPS) is 10.9. The van der Waals surface area contributed by atoms with Crippen molar-refractivity contribution in [2.24, 2.45) is 0 Å². The van der Waals surface area contributed by atoms with Gasteiger partial charge in [0.2, 0.25) is 0 Å². The largest absolute Gasteiger partial charge is 0.377 e. The number of hydrogen-bond donors (Lipinski definition) is 0. The molecular formula is C19H19N3O. The molecule has 0 N–H and O–H groups in total. The fourth-order valence-corrected chi connectivity index (χ4v) is 2.78. The average Bonchev–Trinajstić information content (AvgIpc) is 2.86. The van der Waals surface area contributed by atoms with E-state index in [4.69, 9.17) is 9.72 Å². The predicted molar refractivity (Wildman–Crippen MR) is 90.2 cm³/mol. The summed E-state index contributed by atoms with van der Waals surface area (Å²) < 4.78 is 7.44. The van der Waals surface area contributed by atoms with Gasteiger partial charge in [0, 0.05) is 7.11 Å². The second-order valence-electron chi connectivity index (χ2n) is 5.74. The Labute approximate surface area is 136 Å². The lowest BCUT2D eigenvalue weighted by molar-refractivity contribution is 0.175. The number of ether oxygens (including phenoxy) is 1. The minimum Gasteiger partial charge on any atom is -0.377 e. The van der Waals surface area contributed by atoms with Gasteiger partial charge in [-0.25, -0.2) is 4.98 Å². The molecule has 3 rings (SSSR count). The Hall–Kier alpha value is -2.64. The summed E-state index contributed by atoms with van der Waals surface area (Å²) in [6.07, 6.45) is 0. The van der Waals surface area contributed by atoms with Crippen LogP contribution < -0.4 is 0 Å². The third-order valence-electron chi connectivity index (χ3n) is 4.18. The second kappa shape index (κ2) is 6.23. The summed E-state index contributed by atoms with van der Waals surface area (Å²) in [5.74, 6) is 0.875. The minimum absolute atomic E-state index is 0.446. The number of nitriles is 1. The Morgan fingerprint density at radius 2 is 1.91 bits per heavy atom. The molecule has 3 aromatic rings. The van der Waals surface area contributed by atoms with Crippen molar-refractivity contribution < 1.29 is 4.74 Å². The lowest BCUT2D eigenvalue weighted by atomic mass is 10.1. The molecule has 0 amide bonds. The summed E-state index contributed by atoms with van der Waals surface area (Å²) in [7, 11) is 1.67. The number of benzene rings is 2. The molecule has 0 fully saturated rings. The zero-order valence-corrected chi connectivity index (χ0v) is 13.6. The van der Waals surface area contributed by atoms with Crippen LogP contribution in [-0.4, -0.2) is 16.7 Å². The van der Waals surface area contributed by atoms with Crippen LogP contribution in [0.25, 0.3) is 11.0 Å². The standard InChI is InChI=1S/C19H19N3O/c1-13-8-17-18(9-14(13)2)22(19(21-17)12-23-3)11-16-7-5-4-6-15(16)10-20/h4-9H,11-12H2,1-3H3. The summed E-state index contributed by atoms with van der Waals surface area (Å²) in [6.45, 7) is 5.25. The smallest absolute Gasteiger partial charge is 0.136 e. The van der Waals surface area contributed by atoms with Crippen LogP contribution in [0.15, 0.2) is 36.4 Å². The number of nitrogens with zero attached hydrogens (tertiary/aromatic N) is 3. The monoisotopic (exact) mass is 305 g/mol. The Kier molecular flexibility index (Phi) is 4.14. The first-order valence-electron chi connectivity index (χ1n) is 7.57. The Balaban J connectivity index is 2.16. The van der Waals surface area contributed by atoms with E-state index in [0.717, 1.165) is 22.4 Å². The highest BCUT2D eigenvalue weighted by atomic mass is 16.5. The van der Waals surface area contributed by atoms with E-state index < -0.39 is 0 Å². The Bertz CT molecular complexity index is 903. The molecule has 0 radical (unpaired) electrons. The maximum absolute atomic E-state index is 9.31. The topological polar surface area (TPSA) is 50.8 Å². The van der Waals surface area contributed by atoms with Gasteiger partial charge >= 0.3 is 0 Å². The zero-order valence-electron chi connectivity index (χ0n) is 13.6. The number of hydrogen-bond acceptors (Lipinski definition) is 3. The average molecular weight is 305 g/mol. The van der Waals surface area contributed by atoms with E-state index in [1.807, 2.05) is 24.3 Å². The third kappa shape index (κ3) is 2.84. The van der Waals surface area contributed by atoms with Crippen molar-refractivity contribution in [1.82, 2.24) is 9.55 Å². The number of aromatic nitrogens is 2. The molecule has 0 aliphatic rings. The molecule has 0 bridgehead atoms. The van der Waals surface area contributed by atoms with Crippen molar-refractivity contribution in [2.75, 3.05) is 7.11 Å². The molecule has 4 nitrogen and oxygen atoms in total. The van der Waals surface area contributed by atoms with Gasteiger partial charge in [0.15, 0.2) is 0 Å². The molecule has 4 heteroatoms. The second-order valence-corrected chi connectivity index (χ2v) is 5.74. The fourth-order valence-electron chi connectivity index (χ4n) is 2.78. The lowest BCUT2D eigenvalue weighted by Gasteiger charge is -2.11. The molecule has 116 valence electrons. The number of methoxy groups -OCH3 is 1. The molecule has 0 saturated heterocycles. The summed E-state index contributed by atoms with van der Waals surface area (Å²) in [5.41, 5.74) is 6.19. The molecule has 0 aliphatic heterocycles. The van der Waals surface area contributed by atoms with E-state index in [1.54, 1.807) is 7.11 Å². The Morgan fingerprint density at radius 1 is 1.17 bits per heavy atom. The Morgan fingerprint density at radius 3 is 2.65 bits per heavy atom. The van der Waals surface area contributed by atoms with E-state index in [9.17, 15) is 5.26 Å². The molecule has 23 heavy (non-hydrogen) atoms. The fraction of sp³-hybridized carbons (Fsp3) is 0.263. The minimum atomic E-state index is 0.446. The van der Waals surface area contributed by atoms with Gasteiger partial charge in [0.1, 0.15) is 12.4 Å². The molecule has 2 aromatic carbocycles. The van der Waals surface area contributed by atoms with Gasteiger partial charge in [0.05, 0.1) is 29.2 Å². The quantitative estimate of drug-likeness (QED) is 0.738. The van der Waals surface area contributed by atoms with Gasteiger partial charge in [-0.1, -0.05) is 18.2 Å². The van der Waals surface area contributed by atoms with Crippen molar-refractivity contribution in [3.63, 3.8) is 0 Å². The summed E-state index contributed by atoms with van der Waals surface area (Å²) in [6, 6.07) is 14.2. The molecule has 0 unspecified atom stereocenters. The van der Waals surface area contributed by atoms with Crippen LogP contribution in [-0.2, 0) is 17.9 Å². The summed E-state index contributed by atoms with van der Waals surface area (Å²) in [5, 5.41) is 9.31. The van der Waals surface area contributed by atoms with E-state index in [-0.39, 0.29) is 0 Å². The third-order valence-corrected chi connectivity index (χ3v) is 4.18. The van der Waals surface area contributed by atoms with Crippen LogP contribution in [0, 0.1) is 25.2 Å². The highest BCUT2D eigenvalue weighted by Crippen LogP contribution is 2.23. The molecule has 0 atom stereocenters. The maximum Gasteiger partial charge on any atom is 0.136 e. The molecule has 1 heterocycles. The molecule has 0 aliphatic carbocycles. The molecule has 0 saturated carbocycles. The number of imidazole rings is 1. The van der Waals surface area contributed by atoms with Gasteiger partial charge < -0.3 is 9.30 Å². The number of aryl methyl sites for hydroxylation is 2. The summed E-state index contributed by atoms with van der Waals surface area (Å²) >= 11 is 0. The first-order chi connectivity index (χ1) is 11.1. The van der Waals surface area contributed by atoms with Gasteiger partial charge in [-0.3, -0.25) is 0 Å². The number of fused-ring (bicyclic) bond motifs is 1. The lowest BCUT2D eigenvalue weighted by Crippen LogP contribution is -2.07. The highest BCUT2D eigenvalue weighted by Gasteiger charge is 2.13. The van der Waals surface area contributed by atoms with Gasteiger partial charge in [-0.2, -0.15) is 5.26 Å². The number of rotatable bonds is 4. The van der Waals surface area contributed by atoms with E-state index >= 15 is 0 Å². The van der Waals surface area contributed by atoms with Crippen molar-refractivity contribution in [1.29, 1.82) is 5.26 Å². The van der Waals surface area contributed by atoms with Crippen LogP contribution in [0.1, 0.15) is 28.1 Å². The van der Waals surface area contributed by atoms with Crippen LogP contribution in [0.3, 0.4) is 0 Å². The maximum atomic E-state index is 9.31. The van der Waals surface area contributed by atoms with Gasteiger partial charge in [-0.15, -0.1) is 0 Å². The van der Waals surface area contributed by atoms with Crippen LogP contribution >= 0.6 is 0 Å². The van der Waals surface area contributed by atoms with Crippen molar-refractivity contribution in [3.8, 4) is 6.07 Å². The zero-order chi connectivity index (χ0) is 16.4. The highest BCUT2D eigenvalue weighted by molar-refractivity contribution is 5.78. The van der Waals surface area contributed by atoms with E-state index in [1.165, 1.54) is 11.1 Å². The van der Waals surface area contributed by atoms with Gasteiger partial charge in [-0.05, 0) is 48.7 Å². The first kappa shape index (κ1) is 15.3. The predicted octanol–water partition coefficient (Wildman–Crippen LogP) is 3.72. The molecular weight excluding hydrogens is 286 g/mol. The molecule has 1 aromatic heterocycles. The summed E-state index contributed by atoms with van der Waals surface area (Å²) in [4.78, 5) is 4.71. The van der Waals surface area contributed by atoms with E-state index in [2.05, 4.69) is 36.6 Å². The van der Waals surface area contributed by atoms with Crippen molar-refractivity contribution in [2.45, 2.75) is 27.0 Å². The van der Waals surface area contributed by atoms with Crippen molar-refractivity contribution in [3.05, 3.63) is 64.5 Å². The van der Waals surface area contributed by atoms with Crippen LogP contribution in [0.2, 0.25) is 0 Å². The van der Waals surface area contributed by atoms with Crippen molar-refractivity contribution >= 4 is 11.0 Å². The van der Waals surface area contributed by atoms with E-state index in [0.29, 0.717) is 18.7 Å². The van der Waals surface area contributed by atoms with Crippen LogP contribution in [0.4, 0.5) is 0 Å². The molecule has 0 spiro atoms.